The van der Waals surface area contributed by atoms with Gasteiger partial charge in [0.15, 0.2) is 5.82 Å². The highest BCUT2D eigenvalue weighted by atomic mass is 35.5. The number of rotatable bonds is 10. The van der Waals surface area contributed by atoms with E-state index in [9.17, 15) is 23.9 Å². The number of carbonyl (C=O) groups is 3. The van der Waals surface area contributed by atoms with Crippen molar-refractivity contribution in [1.29, 1.82) is 0 Å². The van der Waals surface area contributed by atoms with E-state index < -0.39 is 35.9 Å². The van der Waals surface area contributed by atoms with Crippen molar-refractivity contribution >= 4 is 46.6 Å². The molecule has 9 nitrogen and oxygen atoms in total. The minimum Gasteiger partial charge on any atom is -0.378 e. The van der Waals surface area contributed by atoms with Crippen LogP contribution in [-0.2, 0) is 27.3 Å². The summed E-state index contributed by atoms with van der Waals surface area (Å²) in [7, 11) is 0. The van der Waals surface area contributed by atoms with Crippen molar-refractivity contribution in [2.45, 2.75) is 64.4 Å². The smallest absolute Gasteiger partial charge is 0.247 e. The van der Waals surface area contributed by atoms with Crippen molar-refractivity contribution in [3.63, 3.8) is 0 Å². The van der Waals surface area contributed by atoms with Crippen molar-refractivity contribution < 1.29 is 23.9 Å². The lowest BCUT2D eigenvalue weighted by atomic mass is 9.92. The zero-order chi connectivity index (χ0) is 30.6. The molecule has 0 aliphatic carbocycles. The van der Waals surface area contributed by atoms with Gasteiger partial charge in [0.25, 0.3) is 0 Å². The zero-order valence-corrected chi connectivity index (χ0v) is 25.3. The summed E-state index contributed by atoms with van der Waals surface area (Å²) in [6, 6.07) is 8.39. The van der Waals surface area contributed by atoms with Crippen molar-refractivity contribution in [2.24, 2.45) is 17.6 Å². The van der Waals surface area contributed by atoms with E-state index in [1.54, 1.807) is 4.90 Å². The molecule has 3 amide bonds. The number of hydrogen-bond acceptors (Lipinski definition) is 6. The predicted molar refractivity (Wildman–Crippen MR) is 160 cm³/mol. The fraction of sp³-hybridized carbons (Fsp3) is 0.500. The molecule has 2 heterocycles. The summed E-state index contributed by atoms with van der Waals surface area (Å²) in [4.78, 5) is 43.1. The minimum absolute atomic E-state index is 0.00134. The molecule has 0 aromatic heterocycles. The molecule has 0 radical (unpaired) electrons. The Hall–Kier alpha value is -2.76. The van der Waals surface area contributed by atoms with Crippen LogP contribution < -0.4 is 16.4 Å². The Balaban J connectivity index is 1.47. The molecule has 2 aromatic carbocycles. The van der Waals surface area contributed by atoms with Gasteiger partial charge in [-0.15, -0.1) is 0 Å². The zero-order valence-electron chi connectivity index (χ0n) is 23.8. The van der Waals surface area contributed by atoms with E-state index in [0.29, 0.717) is 37.9 Å². The molecule has 12 heteroatoms. The molecule has 0 bridgehead atoms. The summed E-state index contributed by atoms with van der Waals surface area (Å²) in [6.07, 6.45) is -0.365. The standard InChI is InChI=1S/C30H38Cl2FN5O4/c1-17-14-37(15-18(17)2)25(39)9-10-26(40)38-16-20-6-4-3-5-19(20)13-24(38)30(42)36-23(11-12-34)29(41)35-22-8-7-21(31)27(32)28(22)33/h3-8,17-18,23-24,26,40H,9-16,34H2,1-2H3,(H,35,41)(H,36,42)/t17?,18?,23-,24-,26?/m0/s1. The lowest BCUT2D eigenvalue weighted by Gasteiger charge is -2.39. The monoisotopic (exact) mass is 621 g/mol. The first-order valence-corrected chi connectivity index (χ1v) is 15.0. The molecule has 5 N–H and O–H groups in total. The molecule has 5 atom stereocenters. The number of aliphatic hydroxyl groups excluding tert-OH is 1. The molecule has 2 aliphatic heterocycles. The number of aliphatic hydroxyl groups is 1. The van der Waals surface area contributed by atoms with Crippen LogP contribution in [-0.4, -0.2) is 70.6 Å². The topological polar surface area (TPSA) is 128 Å². The molecular weight excluding hydrogens is 584 g/mol. The van der Waals surface area contributed by atoms with Gasteiger partial charge in [-0.3, -0.25) is 19.3 Å². The fourth-order valence-electron chi connectivity index (χ4n) is 5.56. The van der Waals surface area contributed by atoms with Gasteiger partial charge in [0.2, 0.25) is 17.7 Å². The highest BCUT2D eigenvalue weighted by Crippen LogP contribution is 2.30. The first-order valence-electron chi connectivity index (χ1n) is 14.2. The van der Waals surface area contributed by atoms with Crippen molar-refractivity contribution in [3.8, 4) is 0 Å². The molecule has 0 spiro atoms. The second-order valence-corrected chi connectivity index (χ2v) is 12.1. The summed E-state index contributed by atoms with van der Waals surface area (Å²) >= 11 is 11.7. The van der Waals surface area contributed by atoms with Crippen LogP contribution in [0.2, 0.25) is 10.0 Å². The number of carbonyl (C=O) groups excluding carboxylic acids is 3. The molecule has 0 saturated carbocycles. The van der Waals surface area contributed by atoms with Gasteiger partial charge < -0.3 is 26.4 Å². The number of anilines is 1. The first kappa shape index (κ1) is 32.2. The van der Waals surface area contributed by atoms with E-state index >= 15 is 0 Å². The number of nitrogens with two attached hydrogens (primary N) is 1. The number of amides is 3. The van der Waals surface area contributed by atoms with Gasteiger partial charge >= 0.3 is 0 Å². The third-order valence-electron chi connectivity index (χ3n) is 8.31. The van der Waals surface area contributed by atoms with Crippen LogP contribution in [0.1, 0.15) is 44.2 Å². The van der Waals surface area contributed by atoms with Gasteiger partial charge in [-0.25, -0.2) is 4.39 Å². The molecule has 1 saturated heterocycles. The molecule has 42 heavy (non-hydrogen) atoms. The maximum absolute atomic E-state index is 14.6. The molecule has 4 rings (SSSR count). The van der Waals surface area contributed by atoms with E-state index in [0.717, 1.165) is 11.1 Å². The van der Waals surface area contributed by atoms with Gasteiger partial charge in [-0.2, -0.15) is 0 Å². The predicted octanol–water partition coefficient (Wildman–Crippen LogP) is 3.54. The van der Waals surface area contributed by atoms with Gasteiger partial charge in [0.1, 0.15) is 12.3 Å². The minimum atomic E-state index is -1.08. The van der Waals surface area contributed by atoms with E-state index in [4.69, 9.17) is 28.9 Å². The van der Waals surface area contributed by atoms with Gasteiger partial charge in [0.05, 0.1) is 21.8 Å². The summed E-state index contributed by atoms with van der Waals surface area (Å²) in [5, 5.41) is 16.1. The van der Waals surface area contributed by atoms with E-state index in [-0.39, 0.29) is 47.4 Å². The number of halogens is 3. The Kier molecular flexibility index (Phi) is 10.8. The van der Waals surface area contributed by atoms with E-state index in [1.165, 1.54) is 12.1 Å². The third kappa shape index (κ3) is 7.41. The van der Waals surface area contributed by atoms with Crippen LogP contribution in [0.3, 0.4) is 0 Å². The van der Waals surface area contributed by atoms with E-state index in [2.05, 4.69) is 24.5 Å². The summed E-state index contributed by atoms with van der Waals surface area (Å²) in [6.45, 7) is 6.03. The molecule has 3 unspecified atom stereocenters. The highest BCUT2D eigenvalue weighted by Gasteiger charge is 2.37. The SMILES string of the molecule is CC1CN(C(=O)CCC(O)N2Cc3ccccc3C[C@H]2C(=O)N[C@@H](CCN)C(=O)Nc2ccc(Cl)c(Cl)c2F)CC1C. The quantitative estimate of drug-likeness (QED) is 0.300. The Morgan fingerprint density at radius 2 is 1.74 bits per heavy atom. The van der Waals surface area contributed by atoms with Gasteiger partial charge in [-0.1, -0.05) is 61.3 Å². The molecule has 2 aliphatic rings. The molecule has 228 valence electrons. The second kappa shape index (κ2) is 14.1. The van der Waals surface area contributed by atoms with Crippen LogP contribution in [0.15, 0.2) is 36.4 Å². The lowest BCUT2D eigenvalue weighted by Crippen LogP contribution is -2.57. The largest absolute Gasteiger partial charge is 0.378 e. The summed E-state index contributed by atoms with van der Waals surface area (Å²) in [5.41, 5.74) is 7.48. The molecule has 1 fully saturated rings. The van der Waals surface area contributed by atoms with Crippen molar-refractivity contribution in [2.75, 3.05) is 25.0 Å². The van der Waals surface area contributed by atoms with Gasteiger partial charge in [0, 0.05) is 26.1 Å². The van der Waals surface area contributed by atoms with Crippen LogP contribution in [0.25, 0.3) is 0 Å². The van der Waals surface area contributed by atoms with Crippen LogP contribution >= 0.6 is 23.2 Å². The molecule has 2 aromatic rings. The van der Waals surface area contributed by atoms with Crippen molar-refractivity contribution in [1.82, 2.24) is 15.1 Å². The Bertz CT molecular complexity index is 1300. The molecular formula is C30H38Cl2FN5O4. The highest BCUT2D eigenvalue weighted by molar-refractivity contribution is 6.42. The number of hydrogen-bond donors (Lipinski definition) is 4. The average Bonchev–Trinajstić information content (AvgIpc) is 3.32. The lowest BCUT2D eigenvalue weighted by molar-refractivity contribution is -0.138. The maximum atomic E-state index is 14.6. The summed E-state index contributed by atoms with van der Waals surface area (Å²) in [5.74, 6) is -1.21. The van der Waals surface area contributed by atoms with Gasteiger partial charge in [-0.05, 0) is 60.9 Å². The third-order valence-corrected chi connectivity index (χ3v) is 9.09. The Morgan fingerprint density at radius 3 is 2.40 bits per heavy atom. The Labute approximate surface area is 255 Å². The second-order valence-electron chi connectivity index (χ2n) is 11.3. The van der Waals surface area contributed by atoms with Crippen molar-refractivity contribution in [3.05, 3.63) is 63.4 Å². The number of benzene rings is 2. The first-order chi connectivity index (χ1) is 20.0. The van der Waals surface area contributed by atoms with Crippen LogP contribution in [0.4, 0.5) is 10.1 Å². The number of fused-ring (bicyclic) bond motifs is 1. The number of likely N-dealkylation sites (tertiary alicyclic amines) is 1. The average molecular weight is 623 g/mol. The van der Waals surface area contributed by atoms with Crippen LogP contribution in [0, 0.1) is 17.7 Å². The normalized spacial score (nSPS) is 21.9. The number of nitrogens with zero attached hydrogens (tertiary/aromatic N) is 2. The fourth-order valence-corrected chi connectivity index (χ4v) is 5.87. The maximum Gasteiger partial charge on any atom is 0.247 e. The summed E-state index contributed by atoms with van der Waals surface area (Å²) < 4.78 is 14.6. The van der Waals surface area contributed by atoms with Crippen LogP contribution in [0.5, 0.6) is 0 Å². The van der Waals surface area contributed by atoms with E-state index in [1.807, 2.05) is 29.2 Å². The number of nitrogens with one attached hydrogen (secondary N) is 2. The Morgan fingerprint density at radius 1 is 1.07 bits per heavy atom.